The highest BCUT2D eigenvalue weighted by molar-refractivity contribution is 6.05. The summed E-state index contributed by atoms with van der Waals surface area (Å²) in [6.07, 6.45) is 6.01. The third-order valence-electron chi connectivity index (χ3n) is 18.5. The molecule has 6 aromatic rings. The highest BCUT2D eigenvalue weighted by Crippen LogP contribution is 2.39. The molecule has 0 spiro atoms. The van der Waals surface area contributed by atoms with Crippen LogP contribution in [0.2, 0.25) is 0 Å². The van der Waals surface area contributed by atoms with Gasteiger partial charge in [0, 0.05) is 74.8 Å². The average Bonchev–Trinajstić information content (AvgIpc) is 0.810. The molecule has 0 amide bonds. The molecule has 125 heavy (non-hydrogen) atoms. The second-order valence-electron chi connectivity index (χ2n) is 28.1. The Kier molecular flexibility index (Phi) is 61.6. The number of carbonyl (C=O) groups is 10. The first-order chi connectivity index (χ1) is 59.5. The van der Waals surface area contributed by atoms with Crippen molar-refractivity contribution in [1.82, 2.24) is 4.90 Å². The lowest BCUT2D eigenvalue weighted by Crippen LogP contribution is -2.36. The maximum atomic E-state index is 11.7. The number of esters is 10. The Labute approximate surface area is 737 Å². The highest BCUT2D eigenvalue weighted by atomic mass is 16.6. The molecule has 0 aromatic heterocycles. The van der Waals surface area contributed by atoms with Gasteiger partial charge < -0.3 is 104 Å². The van der Waals surface area contributed by atoms with Gasteiger partial charge in [0.05, 0.1) is 182 Å². The van der Waals surface area contributed by atoms with Crippen molar-refractivity contribution in [2.24, 2.45) is 17.8 Å². The predicted octanol–water partition coefficient (Wildman–Crippen LogP) is 12.9. The number of benzene rings is 6. The fourth-order valence-corrected chi connectivity index (χ4v) is 12.1. The van der Waals surface area contributed by atoms with Crippen molar-refractivity contribution >= 4 is 59.7 Å². The molecular weight excluding hydrogens is 1630 g/mol. The summed E-state index contributed by atoms with van der Waals surface area (Å²) in [6, 6.07) is 37.7. The molecule has 32 nitrogen and oxygen atoms in total. The van der Waals surface area contributed by atoms with E-state index in [1.807, 2.05) is 98.8 Å². The molecular formula is C93H135NO31. The van der Waals surface area contributed by atoms with Crippen LogP contribution in [0.15, 0.2) is 127 Å². The van der Waals surface area contributed by atoms with Crippen LogP contribution < -0.4 is 18.9 Å². The zero-order valence-corrected chi connectivity index (χ0v) is 78.3. The molecule has 2 aliphatic rings. The van der Waals surface area contributed by atoms with Crippen molar-refractivity contribution in [3.05, 3.63) is 189 Å². The quantitative estimate of drug-likeness (QED) is 0.0359. The van der Waals surface area contributed by atoms with Gasteiger partial charge in [0.25, 0.3) is 0 Å². The number of ether oxygens (including phenoxy) is 21. The fourth-order valence-electron chi connectivity index (χ4n) is 12.1. The second kappa shape index (κ2) is 66.4. The number of hydrogen-bond acceptors (Lipinski definition) is 32. The lowest BCUT2D eigenvalue weighted by atomic mass is 9.73. The van der Waals surface area contributed by atoms with Crippen LogP contribution in [-0.4, -0.2) is 280 Å². The smallest absolute Gasteiger partial charge is 0.338 e. The Morgan fingerprint density at radius 3 is 0.912 bits per heavy atom. The highest BCUT2D eigenvalue weighted by Gasteiger charge is 2.41. The van der Waals surface area contributed by atoms with E-state index in [1.54, 1.807) is 85.3 Å². The number of nitrogens with zero attached hydrogens (tertiary/aromatic N) is 1. The number of methoxy groups -OCH3 is 21. The Balaban J connectivity index is 0. The van der Waals surface area contributed by atoms with Crippen molar-refractivity contribution in [1.29, 1.82) is 0 Å². The molecule has 32 heteroatoms. The minimum Gasteiger partial charge on any atom is -0.497 e. The van der Waals surface area contributed by atoms with E-state index >= 15 is 0 Å². The second-order valence-corrected chi connectivity index (χ2v) is 28.1. The van der Waals surface area contributed by atoms with Crippen molar-refractivity contribution in [3.8, 4) is 23.0 Å². The minimum absolute atomic E-state index is 0.0250. The SMILES string of the molecule is CN(C)C.COC.COC(=O)C1CC(C(=O)OC)CC(C(=O)OC)C1.COC(=O)CCC(C)(c1ccc(OC)cc1)c1ccc(OC)cc1.COC(=O)c1cc(C(=O)OC)cc(C(=O)OC)c1.COC(=O)c1ccc(C(=O)OC)c(C(=O)OC)c1.COC1CC(OC)CC(OC)C1.COCC(COC)OC.COc1cccc(OC)c1.Cc1cc(C)cc(C)c1. The van der Waals surface area contributed by atoms with Crippen LogP contribution in [0.25, 0.3) is 0 Å². The molecule has 0 aliphatic heterocycles. The van der Waals surface area contributed by atoms with Gasteiger partial charge in [-0.2, -0.15) is 0 Å². The fraction of sp³-hybridized carbons (Fsp3) is 0.505. The molecule has 0 saturated heterocycles. The minimum atomic E-state index is -0.735. The summed E-state index contributed by atoms with van der Waals surface area (Å²) in [4.78, 5) is 117. The maximum Gasteiger partial charge on any atom is 0.338 e. The average molecular weight is 1760 g/mol. The van der Waals surface area contributed by atoms with Crippen molar-refractivity contribution in [3.63, 3.8) is 0 Å². The van der Waals surface area contributed by atoms with E-state index in [0.29, 0.717) is 63.6 Å². The lowest BCUT2D eigenvalue weighted by Gasteiger charge is -2.32. The molecule has 2 aliphatic carbocycles. The van der Waals surface area contributed by atoms with Crippen LogP contribution in [-0.2, 0) is 105 Å². The first-order valence-corrected chi connectivity index (χ1v) is 39.2. The van der Waals surface area contributed by atoms with Gasteiger partial charge in [-0.05, 0) is 171 Å². The predicted molar refractivity (Wildman–Crippen MR) is 469 cm³/mol. The summed E-state index contributed by atoms with van der Waals surface area (Å²) in [5.74, 6) is -3.57. The zero-order valence-electron chi connectivity index (χ0n) is 78.3. The lowest BCUT2D eigenvalue weighted by molar-refractivity contribution is -0.157. The third-order valence-corrected chi connectivity index (χ3v) is 18.5. The molecule has 0 unspecified atom stereocenters. The molecule has 8 rings (SSSR count). The Morgan fingerprint density at radius 2 is 0.648 bits per heavy atom. The molecule has 2 fully saturated rings. The normalized spacial score (nSPS) is 14.9. The van der Waals surface area contributed by atoms with Crippen LogP contribution >= 0.6 is 0 Å². The van der Waals surface area contributed by atoms with E-state index in [-0.39, 0.29) is 50.9 Å². The Morgan fingerprint density at radius 1 is 0.344 bits per heavy atom. The van der Waals surface area contributed by atoms with E-state index < -0.39 is 71.5 Å². The van der Waals surface area contributed by atoms with E-state index in [2.05, 4.69) is 93.3 Å². The first kappa shape index (κ1) is 116. The van der Waals surface area contributed by atoms with E-state index in [9.17, 15) is 47.9 Å². The van der Waals surface area contributed by atoms with Crippen LogP contribution in [0.3, 0.4) is 0 Å². The number of carbonyl (C=O) groups excluding carboxylic acids is 10. The van der Waals surface area contributed by atoms with Crippen molar-refractivity contribution in [2.75, 3.05) is 191 Å². The molecule has 2 saturated carbocycles. The summed E-state index contributed by atoms with van der Waals surface area (Å²) in [6.45, 7) is 9.69. The topological polar surface area (TPSA) is 368 Å². The summed E-state index contributed by atoms with van der Waals surface area (Å²) in [5.41, 5.74) is 6.33. The van der Waals surface area contributed by atoms with Crippen molar-refractivity contribution < 1.29 is 147 Å². The van der Waals surface area contributed by atoms with Gasteiger partial charge >= 0.3 is 59.7 Å². The van der Waals surface area contributed by atoms with E-state index in [4.69, 9.17) is 52.1 Å². The molecule has 0 atom stereocenters. The van der Waals surface area contributed by atoms with Gasteiger partial charge in [-0.25, -0.2) is 28.8 Å². The summed E-state index contributed by atoms with van der Waals surface area (Å²) < 4.78 is 101. The van der Waals surface area contributed by atoms with Gasteiger partial charge in [-0.1, -0.05) is 72.1 Å². The number of aryl methyl sites for hydroxylation is 3. The Hall–Kier alpha value is -11.1. The van der Waals surface area contributed by atoms with E-state index in [1.165, 1.54) is 124 Å². The van der Waals surface area contributed by atoms with Gasteiger partial charge in [0.15, 0.2) is 0 Å². The summed E-state index contributed by atoms with van der Waals surface area (Å²) in [7, 11) is 38.4. The largest absolute Gasteiger partial charge is 0.497 e. The standard InChI is InChI=1S/C20H24O4.C12H18O6.2C12H12O6.C9H18O3.C9H12.C8H10O2.C6H14O3.C3H9N.C2H6O/c1-20(14-13-19(21)24-4,15-5-9-17(22-2)10-6-15)16-7-11-18(23-3)12-8-16;2*1-16-10(13)7-4-8(11(14)17-2)6-9(5-7)12(15)18-3;1-16-10(13)7-4-5-8(11(14)17-2)9(6-7)12(15)18-3;1-10-7-4-8(11-2)6-9(5-7)12-3;1-7-4-8(2)6-9(3)5-7;1-9-7-4-3-5-8(6-7)10-2;1-7-4-6(9-3)5-8-2;1-4(2)3;1-3-2/h5-12H,13-14H2,1-4H3;7-9H,4-6H2,1-3H3;2*4-6H,1-3H3;7-9H,4-6H2,1-3H3;4-6H,1-3H3;3-6H,1-2H3;6H,4-5H2,1-3H3;1-3H3;1-2H3. The number of hydrogen-bond donors (Lipinski definition) is 0. The van der Waals surface area contributed by atoms with Gasteiger partial charge in [0.2, 0.25) is 0 Å². The van der Waals surface area contributed by atoms with Gasteiger partial charge in [-0.3, -0.25) is 19.2 Å². The monoisotopic (exact) mass is 1760 g/mol. The third kappa shape index (κ3) is 44.9. The summed E-state index contributed by atoms with van der Waals surface area (Å²) >= 11 is 0. The Bertz CT molecular complexity index is 3810. The maximum absolute atomic E-state index is 11.7. The molecule has 0 bridgehead atoms. The molecule has 0 N–H and O–H groups in total. The molecule has 698 valence electrons. The first-order valence-electron chi connectivity index (χ1n) is 39.2. The van der Waals surface area contributed by atoms with Crippen LogP contribution in [0.1, 0.15) is 148 Å². The van der Waals surface area contributed by atoms with Crippen molar-refractivity contribution in [2.45, 2.75) is 109 Å². The van der Waals surface area contributed by atoms with E-state index in [0.717, 1.165) is 53.4 Å². The van der Waals surface area contributed by atoms with Gasteiger partial charge in [-0.15, -0.1) is 0 Å². The molecule has 0 heterocycles. The van der Waals surface area contributed by atoms with Gasteiger partial charge in [0.1, 0.15) is 29.1 Å². The molecule has 0 radical (unpaired) electrons. The van der Waals surface area contributed by atoms with Crippen LogP contribution in [0.5, 0.6) is 23.0 Å². The van der Waals surface area contributed by atoms with Crippen LogP contribution in [0, 0.1) is 38.5 Å². The zero-order chi connectivity index (χ0) is 95.3. The van der Waals surface area contributed by atoms with Crippen LogP contribution in [0.4, 0.5) is 0 Å². The molecule has 6 aromatic carbocycles. The summed E-state index contributed by atoms with van der Waals surface area (Å²) in [5, 5.41) is 0. The number of rotatable bonds is 26.